The molecule has 0 heterocycles. The zero-order chi connectivity index (χ0) is 11.3. The van der Waals surface area contributed by atoms with Crippen molar-refractivity contribution < 1.29 is 13.9 Å². The standard InChI is InChI=1S/C10H13FN2O2/c11-8-5-7(3-4-12)1-2-9(8)15-6-10(13)14/h1-2,5H,3-4,6,12H2,(H2,13,14). The van der Waals surface area contributed by atoms with Crippen LogP contribution in [0.5, 0.6) is 5.75 Å². The molecule has 5 heteroatoms. The molecule has 0 aliphatic rings. The predicted molar refractivity (Wildman–Crippen MR) is 53.8 cm³/mol. The fraction of sp³-hybridized carbons (Fsp3) is 0.300. The number of benzene rings is 1. The minimum absolute atomic E-state index is 0.0228. The van der Waals surface area contributed by atoms with Crippen molar-refractivity contribution in [2.24, 2.45) is 11.5 Å². The first-order chi connectivity index (χ1) is 7.13. The largest absolute Gasteiger partial charge is 0.481 e. The average Bonchev–Trinajstić information content (AvgIpc) is 2.17. The van der Waals surface area contributed by atoms with E-state index in [0.717, 1.165) is 5.56 Å². The monoisotopic (exact) mass is 212 g/mol. The van der Waals surface area contributed by atoms with Crippen LogP contribution in [0.15, 0.2) is 18.2 Å². The van der Waals surface area contributed by atoms with E-state index in [2.05, 4.69) is 0 Å². The second-order valence-electron chi connectivity index (χ2n) is 3.06. The molecule has 0 fully saturated rings. The SMILES string of the molecule is NCCc1ccc(OCC(N)=O)c(F)c1. The van der Waals surface area contributed by atoms with Crippen LogP contribution in [0.2, 0.25) is 0 Å². The van der Waals surface area contributed by atoms with E-state index in [-0.39, 0.29) is 12.4 Å². The molecule has 4 N–H and O–H groups in total. The first-order valence-electron chi connectivity index (χ1n) is 4.53. The molecule has 4 nitrogen and oxygen atoms in total. The van der Waals surface area contributed by atoms with Gasteiger partial charge in [-0.25, -0.2) is 4.39 Å². The van der Waals surface area contributed by atoms with E-state index >= 15 is 0 Å². The summed E-state index contributed by atoms with van der Waals surface area (Å²) in [5.74, 6) is -1.13. The maximum absolute atomic E-state index is 13.3. The van der Waals surface area contributed by atoms with Gasteiger partial charge in [0.15, 0.2) is 18.2 Å². The van der Waals surface area contributed by atoms with Gasteiger partial charge in [-0.3, -0.25) is 4.79 Å². The van der Waals surface area contributed by atoms with E-state index < -0.39 is 11.7 Å². The molecule has 1 aromatic rings. The molecule has 0 aromatic heterocycles. The molecule has 1 rings (SSSR count). The van der Waals surface area contributed by atoms with Crippen LogP contribution in [0.4, 0.5) is 4.39 Å². The normalized spacial score (nSPS) is 10.0. The molecular weight excluding hydrogens is 199 g/mol. The molecule has 0 spiro atoms. The Bertz CT molecular complexity index is 355. The maximum atomic E-state index is 13.3. The highest BCUT2D eigenvalue weighted by Gasteiger charge is 2.05. The van der Waals surface area contributed by atoms with E-state index in [9.17, 15) is 9.18 Å². The predicted octanol–water partition coefficient (Wildman–Crippen LogP) is 0.191. The Morgan fingerprint density at radius 1 is 1.47 bits per heavy atom. The van der Waals surface area contributed by atoms with E-state index in [0.29, 0.717) is 13.0 Å². The molecule has 15 heavy (non-hydrogen) atoms. The van der Waals surface area contributed by atoms with Crippen molar-refractivity contribution in [3.63, 3.8) is 0 Å². The topological polar surface area (TPSA) is 78.3 Å². The molecule has 0 unspecified atom stereocenters. The van der Waals surface area contributed by atoms with Gasteiger partial charge in [-0.2, -0.15) is 0 Å². The number of rotatable bonds is 5. The highest BCUT2D eigenvalue weighted by molar-refractivity contribution is 5.75. The molecular formula is C10H13FN2O2. The van der Waals surface area contributed by atoms with E-state index in [1.807, 2.05) is 0 Å². The number of ether oxygens (including phenoxy) is 1. The molecule has 0 radical (unpaired) electrons. The Morgan fingerprint density at radius 2 is 2.20 bits per heavy atom. The molecule has 1 aromatic carbocycles. The molecule has 0 bridgehead atoms. The summed E-state index contributed by atoms with van der Waals surface area (Å²) in [6.45, 7) is 0.133. The van der Waals surface area contributed by atoms with E-state index in [1.165, 1.54) is 12.1 Å². The Morgan fingerprint density at radius 3 is 2.73 bits per heavy atom. The first kappa shape index (κ1) is 11.5. The molecule has 0 saturated carbocycles. The minimum Gasteiger partial charge on any atom is -0.481 e. The summed E-state index contributed by atoms with van der Waals surface area (Å²) in [4.78, 5) is 10.4. The number of hydrogen-bond donors (Lipinski definition) is 2. The van der Waals surface area contributed by atoms with Gasteiger partial charge in [0.1, 0.15) is 0 Å². The second kappa shape index (κ2) is 5.31. The van der Waals surface area contributed by atoms with Crippen molar-refractivity contribution in [2.75, 3.05) is 13.2 Å². The Hall–Kier alpha value is -1.62. The van der Waals surface area contributed by atoms with Gasteiger partial charge in [-0.15, -0.1) is 0 Å². The third kappa shape index (κ3) is 3.55. The summed E-state index contributed by atoms with van der Waals surface area (Å²) in [5, 5.41) is 0. The van der Waals surface area contributed by atoms with Crippen LogP contribution in [0.3, 0.4) is 0 Å². The molecule has 1 amide bonds. The number of carbonyl (C=O) groups excluding carboxylic acids is 1. The second-order valence-corrected chi connectivity index (χ2v) is 3.06. The summed E-state index contributed by atoms with van der Waals surface area (Å²) >= 11 is 0. The van der Waals surface area contributed by atoms with Crippen molar-refractivity contribution >= 4 is 5.91 Å². The number of halogens is 1. The summed E-state index contributed by atoms with van der Waals surface area (Å²) in [6, 6.07) is 4.50. The summed E-state index contributed by atoms with van der Waals surface area (Å²) in [5.41, 5.74) is 11.0. The van der Waals surface area contributed by atoms with Crippen LogP contribution in [0.1, 0.15) is 5.56 Å². The fourth-order valence-corrected chi connectivity index (χ4v) is 1.13. The lowest BCUT2D eigenvalue weighted by Gasteiger charge is -2.06. The van der Waals surface area contributed by atoms with Gasteiger partial charge in [0, 0.05) is 0 Å². The Labute approximate surface area is 87.0 Å². The van der Waals surface area contributed by atoms with E-state index in [1.54, 1.807) is 6.07 Å². The summed E-state index contributed by atoms with van der Waals surface area (Å²) in [7, 11) is 0. The Kier molecular flexibility index (Phi) is 4.05. The van der Waals surface area contributed by atoms with Crippen LogP contribution >= 0.6 is 0 Å². The van der Waals surface area contributed by atoms with Gasteiger partial charge in [-0.05, 0) is 30.7 Å². The third-order valence-corrected chi connectivity index (χ3v) is 1.80. The molecule has 0 saturated heterocycles. The molecule has 0 atom stereocenters. The van der Waals surface area contributed by atoms with Gasteiger partial charge in [0.05, 0.1) is 0 Å². The van der Waals surface area contributed by atoms with Crippen LogP contribution in [0, 0.1) is 5.82 Å². The smallest absolute Gasteiger partial charge is 0.255 e. The van der Waals surface area contributed by atoms with Crippen LogP contribution < -0.4 is 16.2 Å². The highest BCUT2D eigenvalue weighted by Crippen LogP contribution is 2.18. The van der Waals surface area contributed by atoms with Crippen molar-refractivity contribution in [3.8, 4) is 5.75 Å². The molecule has 0 aliphatic carbocycles. The molecule has 0 aliphatic heterocycles. The zero-order valence-electron chi connectivity index (χ0n) is 8.20. The van der Waals surface area contributed by atoms with Crippen molar-refractivity contribution in [3.05, 3.63) is 29.6 Å². The summed E-state index contributed by atoms with van der Waals surface area (Å²) in [6.07, 6.45) is 0.604. The minimum atomic E-state index is -0.638. The number of amides is 1. The zero-order valence-corrected chi connectivity index (χ0v) is 8.20. The first-order valence-corrected chi connectivity index (χ1v) is 4.53. The lowest BCUT2D eigenvalue weighted by molar-refractivity contribution is -0.120. The lowest BCUT2D eigenvalue weighted by atomic mass is 10.1. The van der Waals surface area contributed by atoms with Gasteiger partial charge >= 0.3 is 0 Å². The summed E-state index contributed by atoms with van der Waals surface area (Å²) < 4.78 is 18.2. The fourth-order valence-electron chi connectivity index (χ4n) is 1.13. The average molecular weight is 212 g/mol. The van der Waals surface area contributed by atoms with Gasteiger partial charge in [0.2, 0.25) is 0 Å². The van der Waals surface area contributed by atoms with Crippen LogP contribution in [-0.4, -0.2) is 19.1 Å². The number of nitrogens with two attached hydrogens (primary N) is 2. The van der Waals surface area contributed by atoms with Crippen LogP contribution in [0.25, 0.3) is 0 Å². The lowest BCUT2D eigenvalue weighted by Crippen LogP contribution is -2.20. The van der Waals surface area contributed by atoms with Gasteiger partial charge in [-0.1, -0.05) is 6.07 Å². The Balaban J connectivity index is 2.70. The highest BCUT2D eigenvalue weighted by atomic mass is 19.1. The van der Waals surface area contributed by atoms with Crippen molar-refractivity contribution in [1.82, 2.24) is 0 Å². The number of primary amides is 1. The van der Waals surface area contributed by atoms with Crippen molar-refractivity contribution in [2.45, 2.75) is 6.42 Å². The van der Waals surface area contributed by atoms with Gasteiger partial charge in [0.25, 0.3) is 5.91 Å². The van der Waals surface area contributed by atoms with Crippen molar-refractivity contribution in [1.29, 1.82) is 0 Å². The van der Waals surface area contributed by atoms with Crippen LogP contribution in [-0.2, 0) is 11.2 Å². The third-order valence-electron chi connectivity index (χ3n) is 1.80. The maximum Gasteiger partial charge on any atom is 0.255 e. The number of hydrogen-bond acceptors (Lipinski definition) is 3. The quantitative estimate of drug-likeness (QED) is 0.731. The molecule has 82 valence electrons. The van der Waals surface area contributed by atoms with E-state index in [4.69, 9.17) is 16.2 Å². The van der Waals surface area contributed by atoms with Gasteiger partial charge < -0.3 is 16.2 Å². The number of carbonyl (C=O) groups is 1.